The highest BCUT2D eigenvalue weighted by molar-refractivity contribution is 5.98. The second kappa shape index (κ2) is 8.10. The van der Waals surface area contributed by atoms with Gasteiger partial charge in [0.2, 0.25) is 6.10 Å². The fourth-order valence-corrected chi connectivity index (χ4v) is 3.59. The molecule has 3 heterocycles. The third-order valence-corrected chi connectivity index (χ3v) is 5.28. The number of alkyl halides is 3. The molecule has 0 bridgehead atoms. The van der Waals surface area contributed by atoms with Crippen LogP contribution in [0.1, 0.15) is 53.9 Å². The maximum Gasteiger partial charge on any atom is 0.423 e. The highest BCUT2D eigenvalue weighted by atomic mass is 19.4. The van der Waals surface area contributed by atoms with Crippen LogP contribution in [0.4, 0.5) is 13.2 Å². The van der Waals surface area contributed by atoms with E-state index in [4.69, 9.17) is 0 Å². The second-order valence-corrected chi connectivity index (χ2v) is 7.35. The molecule has 0 spiro atoms. The Morgan fingerprint density at radius 1 is 1.23 bits per heavy atom. The molecule has 2 aromatic heterocycles. The van der Waals surface area contributed by atoms with Crippen molar-refractivity contribution in [3.05, 3.63) is 53.9 Å². The van der Waals surface area contributed by atoms with Crippen molar-refractivity contribution in [2.24, 2.45) is 0 Å². The van der Waals surface area contributed by atoms with E-state index in [-0.39, 0.29) is 24.3 Å². The number of carbonyl (C=O) groups is 1. The summed E-state index contributed by atoms with van der Waals surface area (Å²) in [5.74, 6) is -1.56. The fraction of sp³-hybridized carbons (Fsp3) is 0.421. The largest absolute Gasteiger partial charge is 0.423 e. The van der Waals surface area contributed by atoms with Crippen molar-refractivity contribution in [3.63, 3.8) is 0 Å². The summed E-state index contributed by atoms with van der Waals surface area (Å²) in [6.45, 7) is 2.10. The Morgan fingerprint density at radius 3 is 2.65 bits per heavy atom. The van der Waals surface area contributed by atoms with E-state index >= 15 is 0 Å². The van der Waals surface area contributed by atoms with Gasteiger partial charge < -0.3 is 14.5 Å². The number of rotatable bonds is 4. The van der Waals surface area contributed by atoms with E-state index in [2.05, 4.69) is 24.9 Å². The van der Waals surface area contributed by atoms with Crippen molar-refractivity contribution in [3.8, 4) is 5.69 Å². The zero-order valence-electron chi connectivity index (χ0n) is 16.4. The molecule has 4 rings (SSSR count). The number of benzene rings is 1. The molecule has 0 saturated carbocycles. The minimum Gasteiger partial charge on any atom is -0.376 e. The van der Waals surface area contributed by atoms with Crippen molar-refractivity contribution >= 4 is 5.91 Å². The number of hydrogen-bond donors (Lipinski definition) is 1. The van der Waals surface area contributed by atoms with E-state index in [1.807, 2.05) is 6.92 Å². The lowest BCUT2D eigenvalue weighted by Gasteiger charge is -2.37. The molecular formula is C19H19F3N6O3. The van der Waals surface area contributed by atoms with Crippen LogP contribution in [0.15, 0.2) is 41.2 Å². The minimum absolute atomic E-state index is 0.0324. The molecule has 1 saturated heterocycles. The standard InChI is InChI=1S/C19H19F3N6O3/c1-11-6-7-12(16-25-17(31-26-16)15(29)19(20,21)22)10-27(11)18(30)13-4-2-3-5-14(13)28-23-8-9-24-28/h2-5,8-9,11-12,15,29H,6-7,10H2,1H3/t11-,12-,15-/m1/s1. The lowest BCUT2D eigenvalue weighted by Crippen LogP contribution is -2.45. The molecule has 1 N–H and O–H groups in total. The highest BCUT2D eigenvalue weighted by Gasteiger charge is 2.44. The average molecular weight is 436 g/mol. The lowest BCUT2D eigenvalue weighted by molar-refractivity contribution is -0.213. The third kappa shape index (κ3) is 4.15. The number of likely N-dealkylation sites (tertiary alicyclic amines) is 1. The van der Waals surface area contributed by atoms with Gasteiger partial charge >= 0.3 is 6.18 Å². The molecule has 0 unspecified atom stereocenters. The summed E-state index contributed by atoms with van der Waals surface area (Å²) in [6, 6.07) is 6.79. The number of aliphatic hydroxyl groups excluding tert-OH is 1. The molecule has 1 amide bonds. The molecule has 31 heavy (non-hydrogen) atoms. The summed E-state index contributed by atoms with van der Waals surface area (Å²) < 4.78 is 42.7. The Morgan fingerprint density at radius 2 is 1.94 bits per heavy atom. The number of piperidine rings is 1. The minimum atomic E-state index is -4.91. The lowest BCUT2D eigenvalue weighted by atomic mass is 9.92. The maximum atomic E-state index is 13.4. The Kier molecular flexibility index (Phi) is 5.48. The van der Waals surface area contributed by atoms with E-state index in [1.54, 1.807) is 29.2 Å². The molecule has 0 radical (unpaired) electrons. The Labute approximate surface area is 174 Å². The summed E-state index contributed by atoms with van der Waals surface area (Å²) in [5.41, 5.74) is 0.912. The first-order chi connectivity index (χ1) is 14.8. The van der Waals surface area contributed by atoms with Crippen molar-refractivity contribution < 1.29 is 27.6 Å². The molecule has 1 aliphatic rings. The summed E-state index contributed by atoms with van der Waals surface area (Å²) in [4.78, 5) is 20.1. The first-order valence-electron chi connectivity index (χ1n) is 9.60. The number of nitrogens with zero attached hydrogens (tertiary/aromatic N) is 6. The van der Waals surface area contributed by atoms with E-state index in [1.165, 1.54) is 17.2 Å². The summed E-state index contributed by atoms with van der Waals surface area (Å²) in [5, 5.41) is 21.1. The third-order valence-electron chi connectivity index (χ3n) is 5.28. The average Bonchev–Trinajstić information content (AvgIpc) is 3.45. The van der Waals surface area contributed by atoms with E-state index in [0.717, 1.165) is 0 Å². The van der Waals surface area contributed by atoms with Gasteiger partial charge in [0.25, 0.3) is 11.8 Å². The Balaban J connectivity index is 1.57. The van der Waals surface area contributed by atoms with Gasteiger partial charge in [-0.2, -0.15) is 33.1 Å². The molecule has 1 aromatic carbocycles. The van der Waals surface area contributed by atoms with E-state index < -0.39 is 24.1 Å². The SMILES string of the molecule is C[C@@H]1CC[C@@H](c2noc([C@@H](O)C(F)(F)F)n2)CN1C(=O)c1ccccc1-n1nccn1. The molecule has 9 nitrogen and oxygen atoms in total. The van der Waals surface area contributed by atoms with Gasteiger partial charge in [0, 0.05) is 18.5 Å². The number of aliphatic hydroxyl groups is 1. The van der Waals surface area contributed by atoms with Crippen LogP contribution in [0.25, 0.3) is 5.69 Å². The number of carbonyl (C=O) groups excluding carboxylic acids is 1. The number of amides is 1. The van der Waals surface area contributed by atoms with Crippen molar-refractivity contribution in [2.45, 2.75) is 44.0 Å². The summed E-state index contributed by atoms with van der Waals surface area (Å²) in [7, 11) is 0. The number of aromatic nitrogens is 5. The molecule has 1 fully saturated rings. The normalized spacial score (nSPS) is 20.6. The van der Waals surface area contributed by atoms with Crippen molar-refractivity contribution in [2.75, 3.05) is 6.54 Å². The van der Waals surface area contributed by atoms with Gasteiger partial charge in [-0.1, -0.05) is 17.3 Å². The van der Waals surface area contributed by atoms with Crippen LogP contribution in [-0.2, 0) is 0 Å². The van der Waals surface area contributed by atoms with Crippen LogP contribution in [0.3, 0.4) is 0 Å². The van der Waals surface area contributed by atoms with Crippen LogP contribution >= 0.6 is 0 Å². The second-order valence-electron chi connectivity index (χ2n) is 7.35. The van der Waals surface area contributed by atoms with Crippen molar-refractivity contribution in [1.82, 2.24) is 30.0 Å². The zero-order valence-corrected chi connectivity index (χ0v) is 16.4. The Bertz CT molecular complexity index is 1050. The van der Waals surface area contributed by atoms with Crippen molar-refractivity contribution in [1.29, 1.82) is 0 Å². The van der Waals surface area contributed by atoms with Crippen LogP contribution in [0.5, 0.6) is 0 Å². The maximum absolute atomic E-state index is 13.4. The van der Waals surface area contributed by atoms with Gasteiger partial charge in [0.15, 0.2) is 5.82 Å². The number of hydrogen-bond acceptors (Lipinski definition) is 7. The van der Waals surface area contributed by atoms with Crippen LogP contribution in [0.2, 0.25) is 0 Å². The molecule has 3 atom stereocenters. The van der Waals surface area contributed by atoms with Gasteiger partial charge in [-0.25, -0.2) is 0 Å². The van der Waals surface area contributed by atoms with E-state index in [9.17, 15) is 23.1 Å². The number of para-hydroxylation sites is 1. The van der Waals surface area contributed by atoms with Gasteiger partial charge in [-0.05, 0) is 31.9 Å². The van der Waals surface area contributed by atoms with Crippen LogP contribution in [-0.4, -0.2) is 59.8 Å². The fourth-order valence-electron chi connectivity index (χ4n) is 3.59. The molecule has 0 aliphatic carbocycles. The summed E-state index contributed by atoms with van der Waals surface area (Å²) in [6.07, 6.45) is -3.58. The monoisotopic (exact) mass is 436 g/mol. The van der Waals surface area contributed by atoms with Gasteiger partial charge in [0.1, 0.15) is 0 Å². The Hall–Kier alpha value is -3.28. The highest BCUT2D eigenvalue weighted by Crippen LogP contribution is 2.34. The quantitative estimate of drug-likeness (QED) is 0.669. The molecule has 1 aliphatic heterocycles. The molecular weight excluding hydrogens is 417 g/mol. The van der Waals surface area contributed by atoms with Gasteiger partial charge in [-0.15, -0.1) is 0 Å². The molecule has 12 heteroatoms. The first kappa shape index (κ1) is 21.0. The summed E-state index contributed by atoms with van der Waals surface area (Å²) >= 11 is 0. The van der Waals surface area contributed by atoms with Crippen LogP contribution < -0.4 is 0 Å². The predicted octanol–water partition coefficient (Wildman–Crippen LogP) is 2.65. The smallest absolute Gasteiger partial charge is 0.376 e. The number of halogens is 3. The van der Waals surface area contributed by atoms with Gasteiger partial charge in [0.05, 0.1) is 23.6 Å². The van der Waals surface area contributed by atoms with Gasteiger partial charge in [-0.3, -0.25) is 4.79 Å². The zero-order chi connectivity index (χ0) is 22.2. The molecule has 164 valence electrons. The first-order valence-corrected chi connectivity index (χ1v) is 9.60. The predicted molar refractivity (Wildman–Crippen MR) is 99.1 cm³/mol. The topological polar surface area (TPSA) is 110 Å². The van der Waals surface area contributed by atoms with Crippen LogP contribution in [0, 0.1) is 0 Å². The molecule has 3 aromatic rings. The van der Waals surface area contributed by atoms with E-state index in [0.29, 0.717) is 24.1 Å².